The van der Waals surface area contributed by atoms with Gasteiger partial charge in [-0.25, -0.2) is 0 Å². The molecule has 46 heavy (non-hydrogen) atoms. The Kier molecular flexibility index (Phi) is 8.30. The minimum absolute atomic E-state index is 0.0491. The molecular weight excluding hydrogens is 592 g/mol. The molecular formula is C36H56O10. The van der Waals surface area contributed by atoms with Gasteiger partial charge in [-0.2, -0.15) is 0 Å². The fourth-order valence-corrected chi connectivity index (χ4v) is 11.6. The van der Waals surface area contributed by atoms with Gasteiger partial charge in [0.15, 0.2) is 6.29 Å². The molecule has 0 radical (unpaired) electrons. The molecule has 0 bridgehead atoms. The van der Waals surface area contributed by atoms with Gasteiger partial charge in [-0.1, -0.05) is 45.4 Å². The molecule has 4 fully saturated rings. The molecule has 6 rings (SSSR count). The highest BCUT2D eigenvalue weighted by Crippen LogP contribution is 2.74. The second-order valence-electron chi connectivity index (χ2n) is 17.2. The van der Waals surface area contributed by atoms with Gasteiger partial charge in [0.25, 0.3) is 0 Å². The number of aliphatic hydroxyl groups is 6. The van der Waals surface area contributed by atoms with E-state index in [1.807, 2.05) is 6.92 Å². The summed E-state index contributed by atoms with van der Waals surface area (Å²) < 4.78 is 12.2. The summed E-state index contributed by atoms with van der Waals surface area (Å²) in [5.41, 5.74) is -1.47. The van der Waals surface area contributed by atoms with Crippen molar-refractivity contribution in [1.82, 2.24) is 0 Å². The summed E-state index contributed by atoms with van der Waals surface area (Å²) >= 11 is 0. The van der Waals surface area contributed by atoms with Crippen molar-refractivity contribution in [1.29, 1.82) is 0 Å². The summed E-state index contributed by atoms with van der Waals surface area (Å²) in [6, 6.07) is 0. The first-order valence-corrected chi connectivity index (χ1v) is 17.3. The van der Waals surface area contributed by atoms with Crippen LogP contribution in [0.2, 0.25) is 0 Å². The predicted molar refractivity (Wildman–Crippen MR) is 168 cm³/mol. The van der Waals surface area contributed by atoms with Crippen molar-refractivity contribution in [2.75, 3.05) is 13.2 Å². The minimum Gasteiger partial charge on any atom is -0.481 e. The smallest absolute Gasteiger partial charge is 0.309 e. The lowest BCUT2D eigenvalue weighted by molar-refractivity contribution is -0.327. The van der Waals surface area contributed by atoms with Gasteiger partial charge in [0.2, 0.25) is 0 Å². The number of hydrogen-bond acceptors (Lipinski definition) is 9. The van der Waals surface area contributed by atoms with Crippen molar-refractivity contribution in [3.63, 3.8) is 0 Å². The van der Waals surface area contributed by atoms with Crippen molar-refractivity contribution < 1.29 is 50.0 Å². The molecule has 0 spiro atoms. The van der Waals surface area contributed by atoms with Crippen LogP contribution in [0, 0.1) is 44.3 Å². The van der Waals surface area contributed by atoms with Crippen molar-refractivity contribution in [3.8, 4) is 0 Å². The summed E-state index contributed by atoms with van der Waals surface area (Å²) in [6.45, 7) is 12.0. The highest BCUT2D eigenvalue weighted by atomic mass is 16.7. The predicted octanol–water partition coefficient (Wildman–Crippen LogP) is 2.92. The Balaban J connectivity index is 1.37. The monoisotopic (exact) mass is 648 g/mol. The SMILES string of the molecule is C[C@H]1O[C@@H](O[C@H]2CC[C@@]3(C)[C@@H](CC[C@]4(C)[C@@H]3C=CC3=C5C[C@](C)(C(=O)O)CC[C@]5(CO)[C@H](O)C[C@]34C)[C@]2(C)CO)[C@H](O)[C@@H](O)[C@H]1O. The van der Waals surface area contributed by atoms with E-state index < -0.39 is 70.5 Å². The molecule has 3 saturated carbocycles. The zero-order valence-electron chi connectivity index (χ0n) is 28.3. The number of aliphatic hydroxyl groups excluding tert-OH is 6. The van der Waals surface area contributed by atoms with Crippen molar-refractivity contribution in [2.45, 2.75) is 136 Å². The lowest BCUT2D eigenvalue weighted by atomic mass is 9.35. The maximum absolute atomic E-state index is 12.4. The van der Waals surface area contributed by atoms with Crippen molar-refractivity contribution >= 4 is 5.97 Å². The maximum Gasteiger partial charge on any atom is 0.309 e. The van der Waals surface area contributed by atoms with E-state index in [0.717, 1.165) is 30.4 Å². The number of allylic oxidation sites excluding steroid dienone is 3. The Morgan fingerprint density at radius 3 is 2.26 bits per heavy atom. The molecule has 10 heteroatoms. The van der Waals surface area contributed by atoms with Gasteiger partial charge < -0.3 is 45.2 Å². The summed E-state index contributed by atoms with van der Waals surface area (Å²) in [7, 11) is 0. The first-order valence-electron chi connectivity index (χ1n) is 17.3. The number of carboxylic acids is 1. The molecule has 0 unspecified atom stereocenters. The summed E-state index contributed by atoms with van der Waals surface area (Å²) in [5.74, 6) is -0.705. The highest BCUT2D eigenvalue weighted by molar-refractivity contribution is 5.75. The Bertz CT molecular complexity index is 1300. The van der Waals surface area contributed by atoms with Crippen molar-refractivity contribution in [3.05, 3.63) is 23.3 Å². The zero-order valence-corrected chi connectivity index (χ0v) is 28.3. The van der Waals surface area contributed by atoms with Crippen LogP contribution in [0.3, 0.4) is 0 Å². The Hall–Kier alpha value is -1.37. The summed E-state index contributed by atoms with van der Waals surface area (Å²) in [4.78, 5) is 12.4. The molecule has 1 heterocycles. The largest absolute Gasteiger partial charge is 0.481 e. The summed E-state index contributed by atoms with van der Waals surface area (Å²) in [6.07, 6.45) is 1.96. The molecule has 0 aromatic rings. The molecule has 5 aliphatic carbocycles. The van der Waals surface area contributed by atoms with E-state index in [-0.39, 0.29) is 35.9 Å². The Morgan fingerprint density at radius 2 is 1.63 bits per heavy atom. The molecule has 10 nitrogen and oxygen atoms in total. The summed E-state index contributed by atoms with van der Waals surface area (Å²) in [5, 5.41) is 75.1. The van der Waals surface area contributed by atoms with Gasteiger partial charge in [-0.3, -0.25) is 4.79 Å². The average molecular weight is 649 g/mol. The number of fused-ring (bicyclic) bond motifs is 6. The second-order valence-corrected chi connectivity index (χ2v) is 17.2. The first kappa shape index (κ1) is 34.5. The molecule has 0 aromatic heterocycles. The second kappa shape index (κ2) is 11.1. The average Bonchev–Trinajstić information content (AvgIpc) is 3.00. The number of hydrogen-bond donors (Lipinski definition) is 7. The van der Waals surface area contributed by atoms with Crippen LogP contribution in [0.25, 0.3) is 0 Å². The van der Waals surface area contributed by atoms with Crippen LogP contribution in [0.4, 0.5) is 0 Å². The molecule has 260 valence electrons. The van der Waals surface area contributed by atoms with Gasteiger partial charge >= 0.3 is 5.97 Å². The fourth-order valence-electron chi connectivity index (χ4n) is 11.6. The van der Waals surface area contributed by atoms with Crippen LogP contribution in [-0.4, -0.2) is 97.8 Å². The minimum atomic E-state index is -1.42. The molecule has 0 aromatic carbocycles. The number of ether oxygens (including phenoxy) is 2. The maximum atomic E-state index is 12.4. The van der Waals surface area contributed by atoms with Crippen LogP contribution in [0.5, 0.6) is 0 Å². The number of carboxylic acid groups (broad SMARTS) is 1. The normalized spacial score (nSPS) is 55.2. The Labute approximate surface area is 272 Å². The van der Waals surface area contributed by atoms with E-state index >= 15 is 0 Å². The van der Waals surface area contributed by atoms with Gasteiger partial charge in [-0.15, -0.1) is 0 Å². The van der Waals surface area contributed by atoms with E-state index in [1.54, 1.807) is 13.8 Å². The van der Waals surface area contributed by atoms with Crippen LogP contribution in [0.15, 0.2) is 23.3 Å². The van der Waals surface area contributed by atoms with E-state index in [1.165, 1.54) is 0 Å². The van der Waals surface area contributed by atoms with Crippen LogP contribution < -0.4 is 0 Å². The lowest BCUT2D eigenvalue weighted by Gasteiger charge is -2.70. The van der Waals surface area contributed by atoms with E-state index in [2.05, 4.69) is 32.9 Å². The van der Waals surface area contributed by atoms with Gasteiger partial charge in [0, 0.05) is 16.2 Å². The zero-order chi connectivity index (χ0) is 33.8. The molecule has 15 atom stereocenters. The quantitative estimate of drug-likeness (QED) is 0.219. The van der Waals surface area contributed by atoms with Crippen LogP contribution >= 0.6 is 0 Å². The molecule has 1 aliphatic heterocycles. The van der Waals surface area contributed by atoms with E-state index in [4.69, 9.17) is 9.47 Å². The van der Waals surface area contributed by atoms with Crippen LogP contribution in [0.1, 0.15) is 92.9 Å². The third-order valence-corrected chi connectivity index (χ3v) is 15.0. The third kappa shape index (κ3) is 4.40. The van der Waals surface area contributed by atoms with Crippen LogP contribution in [-0.2, 0) is 14.3 Å². The van der Waals surface area contributed by atoms with Gasteiger partial charge in [0.05, 0.1) is 36.9 Å². The standard InChI is InChI=1S/C36H56O10/c1-19-26(40)27(41)28(42)29(45-19)46-25-10-11-32(3)22(33(25,4)17-37)9-12-34(5)23(32)8-7-20-21-15-31(2,30(43)44)13-14-36(21,18-38)24(39)16-35(20,34)6/h7-8,19,22-29,37-42H,9-18H2,1-6H3,(H,43,44)/t19-,22-,23-,24-,25+,26+,27+,28-,29+,31-,32+,33+,34-,35-,36-/m1/s1. The lowest BCUT2D eigenvalue weighted by Crippen LogP contribution is -2.66. The molecule has 7 N–H and O–H groups in total. The number of carbonyl (C=O) groups is 1. The van der Waals surface area contributed by atoms with Gasteiger partial charge in [-0.05, 0) is 93.5 Å². The van der Waals surface area contributed by atoms with E-state index in [9.17, 15) is 40.5 Å². The Morgan fingerprint density at radius 1 is 0.935 bits per heavy atom. The fraction of sp³-hybridized carbons (Fsp3) is 0.861. The topological polar surface area (TPSA) is 177 Å². The molecule has 1 saturated heterocycles. The molecule has 6 aliphatic rings. The highest BCUT2D eigenvalue weighted by Gasteiger charge is 2.69. The first-order chi connectivity index (χ1) is 21.4. The van der Waals surface area contributed by atoms with Crippen molar-refractivity contribution in [2.24, 2.45) is 44.3 Å². The van der Waals surface area contributed by atoms with Gasteiger partial charge in [0.1, 0.15) is 18.3 Å². The van der Waals surface area contributed by atoms with E-state index in [0.29, 0.717) is 32.1 Å². The number of rotatable bonds is 5. The number of aliphatic carboxylic acids is 1. The third-order valence-electron chi connectivity index (χ3n) is 15.0. The molecule has 0 amide bonds.